The quantitative estimate of drug-likeness (QED) is 0.877. The third-order valence-electron chi connectivity index (χ3n) is 4.41. The highest BCUT2D eigenvalue weighted by molar-refractivity contribution is 5.84. The van der Waals surface area contributed by atoms with E-state index in [0.717, 1.165) is 24.9 Å². The van der Waals surface area contributed by atoms with Crippen LogP contribution in [0, 0.1) is 0 Å². The normalized spacial score (nSPS) is 22.4. The third kappa shape index (κ3) is 2.81. The van der Waals surface area contributed by atoms with Gasteiger partial charge in [0.05, 0.1) is 11.5 Å². The number of carbonyl (C=O) groups is 1. The molecule has 1 aliphatic carbocycles. The molecule has 0 spiro atoms. The molecule has 1 saturated carbocycles. The molecule has 0 bridgehead atoms. The van der Waals surface area contributed by atoms with Gasteiger partial charge in [0, 0.05) is 6.54 Å². The molecule has 0 aromatic heterocycles. The van der Waals surface area contributed by atoms with E-state index in [4.69, 9.17) is 0 Å². The molecular formula is C16H22N2O. The molecule has 0 radical (unpaired) electrons. The van der Waals surface area contributed by atoms with Crippen molar-refractivity contribution in [3.05, 3.63) is 35.9 Å². The van der Waals surface area contributed by atoms with E-state index in [2.05, 4.69) is 10.2 Å². The summed E-state index contributed by atoms with van der Waals surface area (Å²) in [4.78, 5) is 14.8. The molecule has 2 aliphatic rings. The van der Waals surface area contributed by atoms with Crippen LogP contribution in [0.5, 0.6) is 0 Å². The predicted molar refractivity (Wildman–Crippen MR) is 76.0 cm³/mol. The molecule has 3 rings (SSSR count). The lowest BCUT2D eigenvalue weighted by Crippen LogP contribution is -2.50. The first-order valence-electron chi connectivity index (χ1n) is 7.28. The highest BCUT2D eigenvalue weighted by atomic mass is 16.2. The summed E-state index contributed by atoms with van der Waals surface area (Å²) in [6.45, 7) is 5.43. The Labute approximate surface area is 115 Å². The number of likely N-dealkylation sites (tertiary alicyclic amines) is 1. The van der Waals surface area contributed by atoms with Crippen LogP contribution in [0.4, 0.5) is 0 Å². The average molecular weight is 258 g/mol. The van der Waals surface area contributed by atoms with E-state index in [1.54, 1.807) is 0 Å². The zero-order chi connectivity index (χ0) is 13.3. The number of rotatable bonds is 5. The summed E-state index contributed by atoms with van der Waals surface area (Å²) < 4.78 is 0. The smallest absolute Gasteiger partial charge is 0.227 e. The van der Waals surface area contributed by atoms with E-state index in [1.807, 2.05) is 37.3 Å². The summed E-state index contributed by atoms with van der Waals surface area (Å²) >= 11 is 0. The van der Waals surface area contributed by atoms with Gasteiger partial charge < -0.3 is 10.2 Å². The Morgan fingerprint density at radius 3 is 2.53 bits per heavy atom. The third-order valence-corrected chi connectivity index (χ3v) is 4.41. The minimum atomic E-state index is -0.0601. The van der Waals surface area contributed by atoms with Gasteiger partial charge in [-0.1, -0.05) is 30.3 Å². The van der Waals surface area contributed by atoms with Gasteiger partial charge in [-0.3, -0.25) is 4.79 Å². The SMILES string of the molecule is C[C@H](C(=O)NC1(CN2CCC2)CC1)c1ccccc1. The van der Waals surface area contributed by atoms with Crippen molar-refractivity contribution in [1.29, 1.82) is 0 Å². The lowest BCUT2D eigenvalue weighted by Gasteiger charge is -2.35. The Morgan fingerprint density at radius 1 is 1.32 bits per heavy atom. The van der Waals surface area contributed by atoms with Gasteiger partial charge in [0.2, 0.25) is 5.91 Å². The van der Waals surface area contributed by atoms with E-state index in [0.29, 0.717) is 0 Å². The molecule has 1 aromatic carbocycles. The Kier molecular flexibility index (Phi) is 3.31. The van der Waals surface area contributed by atoms with Crippen LogP contribution in [-0.2, 0) is 4.79 Å². The maximum Gasteiger partial charge on any atom is 0.227 e. The number of nitrogens with zero attached hydrogens (tertiary/aromatic N) is 1. The van der Waals surface area contributed by atoms with E-state index in [1.165, 1.54) is 19.5 Å². The van der Waals surface area contributed by atoms with Gasteiger partial charge in [-0.25, -0.2) is 0 Å². The van der Waals surface area contributed by atoms with Crippen LogP contribution in [0.1, 0.15) is 37.7 Å². The minimum Gasteiger partial charge on any atom is -0.349 e. The van der Waals surface area contributed by atoms with Crippen LogP contribution in [0.3, 0.4) is 0 Å². The molecule has 19 heavy (non-hydrogen) atoms. The summed E-state index contributed by atoms with van der Waals surface area (Å²) in [6.07, 6.45) is 3.58. The molecule has 3 nitrogen and oxygen atoms in total. The van der Waals surface area contributed by atoms with Crippen LogP contribution in [0.15, 0.2) is 30.3 Å². The Morgan fingerprint density at radius 2 is 2.00 bits per heavy atom. The van der Waals surface area contributed by atoms with E-state index < -0.39 is 0 Å². The van der Waals surface area contributed by atoms with Crippen LogP contribution in [-0.4, -0.2) is 36.0 Å². The zero-order valence-electron chi connectivity index (χ0n) is 11.6. The molecule has 1 atom stereocenters. The number of benzene rings is 1. The lowest BCUT2D eigenvalue weighted by molar-refractivity contribution is -0.123. The first-order valence-corrected chi connectivity index (χ1v) is 7.28. The molecule has 1 aliphatic heterocycles. The van der Waals surface area contributed by atoms with Crippen molar-refractivity contribution in [3.8, 4) is 0 Å². The van der Waals surface area contributed by atoms with E-state index in [-0.39, 0.29) is 17.4 Å². The maximum absolute atomic E-state index is 12.4. The summed E-state index contributed by atoms with van der Waals surface area (Å²) in [5, 5.41) is 3.28. The highest BCUT2D eigenvalue weighted by Gasteiger charge is 2.46. The van der Waals surface area contributed by atoms with Crippen LogP contribution in [0.2, 0.25) is 0 Å². The fourth-order valence-electron chi connectivity index (χ4n) is 2.70. The molecule has 1 amide bonds. The first kappa shape index (κ1) is 12.7. The van der Waals surface area contributed by atoms with Gasteiger partial charge >= 0.3 is 0 Å². The Bertz CT molecular complexity index is 449. The molecule has 0 unspecified atom stereocenters. The molecule has 102 valence electrons. The zero-order valence-corrected chi connectivity index (χ0v) is 11.6. The van der Waals surface area contributed by atoms with Crippen molar-refractivity contribution >= 4 is 5.91 Å². The first-order chi connectivity index (χ1) is 9.19. The fraction of sp³-hybridized carbons (Fsp3) is 0.562. The Hall–Kier alpha value is -1.35. The number of hydrogen-bond acceptors (Lipinski definition) is 2. The minimum absolute atomic E-state index is 0.0601. The summed E-state index contributed by atoms with van der Waals surface area (Å²) in [5.41, 5.74) is 1.18. The largest absolute Gasteiger partial charge is 0.349 e. The van der Waals surface area contributed by atoms with Crippen LogP contribution in [0.25, 0.3) is 0 Å². The van der Waals surface area contributed by atoms with Gasteiger partial charge in [-0.15, -0.1) is 0 Å². The van der Waals surface area contributed by atoms with Gasteiger partial charge in [-0.05, 0) is 44.8 Å². The van der Waals surface area contributed by atoms with Gasteiger partial charge in [0.15, 0.2) is 0 Å². The topological polar surface area (TPSA) is 32.3 Å². The predicted octanol–water partition coefficient (Wildman–Crippen LogP) is 2.14. The second kappa shape index (κ2) is 4.97. The highest BCUT2D eigenvalue weighted by Crippen LogP contribution is 2.37. The van der Waals surface area contributed by atoms with Crippen molar-refractivity contribution < 1.29 is 4.79 Å². The molecule has 1 saturated heterocycles. The summed E-state index contributed by atoms with van der Waals surface area (Å²) in [6, 6.07) is 10.0. The maximum atomic E-state index is 12.4. The van der Waals surface area contributed by atoms with Crippen molar-refractivity contribution in [1.82, 2.24) is 10.2 Å². The van der Waals surface area contributed by atoms with E-state index in [9.17, 15) is 4.79 Å². The number of nitrogens with one attached hydrogen (secondary N) is 1. The Balaban J connectivity index is 1.58. The van der Waals surface area contributed by atoms with Crippen molar-refractivity contribution in [3.63, 3.8) is 0 Å². The molecule has 1 aromatic rings. The second-order valence-corrected chi connectivity index (χ2v) is 6.03. The van der Waals surface area contributed by atoms with E-state index >= 15 is 0 Å². The number of hydrogen-bond donors (Lipinski definition) is 1. The summed E-state index contributed by atoms with van der Waals surface area (Å²) in [7, 11) is 0. The van der Waals surface area contributed by atoms with Crippen molar-refractivity contribution in [2.75, 3.05) is 19.6 Å². The molecule has 2 fully saturated rings. The van der Waals surface area contributed by atoms with Gasteiger partial charge in [0.1, 0.15) is 0 Å². The van der Waals surface area contributed by atoms with Gasteiger partial charge in [-0.2, -0.15) is 0 Å². The number of amides is 1. The lowest BCUT2D eigenvalue weighted by atomic mass is 10.00. The standard InChI is InChI=1S/C16H22N2O/c1-13(14-6-3-2-4-7-14)15(19)17-16(8-9-16)12-18-10-5-11-18/h2-4,6-7,13H,5,8-12H2,1H3,(H,17,19)/t13-/m0/s1. The van der Waals surface area contributed by atoms with Crippen molar-refractivity contribution in [2.24, 2.45) is 0 Å². The molecular weight excluding hydrogens is 236 g/mol. The molecule has 1 N–H and O–H groups in total. The van der Waals surface area contributed by atoms with Crippen molar-refractivity contribution in [2.45, 2.75) is 37.6 Å². The van der Waals surface area contributed by atoms with Crippen LogP contribution < -0.4 is 5.32 Å². The second-order valence-electron chi connectivity index (χ2n) is 6.03. The fourth-order valence-corrected chi connectivity index (χ4v) is 2.70. The van der Waals surface area contributed by atoms with Gasteiger partial charge in [0.25, 0.3) is 0 Å². The molecule has 3 heteroatoms. The summed E-state index contributed by atoms with van der Waals surface area (Å²) in [5.74, 6) is 0.110. The average Bonchev–Trinajstić information content (AvgIpc) is 3.14. The molecule has 1 heterocycles. The monoisotopic (exact) mass is 258 g/mol. The number of carbonyl (C=O) groups excluding carboxylic acids is 1. The van der Waals surface area contributed by atoms with Crippen LogP contribution >= 0.6 is 0 Å².